The monoisotopic (exact) mass is 420 g/mol. The van der Waals surface area contributed by atoms with Gasteiger partial charge in [-0.1, -0.05) is 30.3 Å². The molecule has 0 aromatic heterocycles. The molecule has 2 aliphatic rings. The zero-order valence-electron chi connectivity index (χ0n) is 18.1. The van der Waals surface area contributed by atoms with E-state index < -0.39 is 14.6 Å². The lowest BCUT2D eigenvalue weighted by atomic mass is 10.1. The molecular formula is C22H36N4O2S. The van der Waals surface area contributed by atoms with E-state index in [0.29, 0.717) is 19.0 Å². The first-order valence-corrected chi connectivity index (χ1v) is 12.5. The Morgan fingerprint density at radius 2 is 2.00 bits per heavy atom. The molecule has 3 rings (SSSR count). The Morgan fingerprint density at radius 3 is 2.69 bits per heavy atom. The number of likely N-dealkylation sites (tertiary alicyclic amines) is 1. The Balaban J connectivity index is 1.53. The van der Waals surface area contributed by atoms with E-state index in [0.717, 1.165) is 45.1 Å². The Hall–Kier alpha value is -1.60. The lowest BCUT2D eigenvalue weighted by molar-refractivity contribution is 0.328. The van der Waals surface area contributed by atoms with E-state index in [9.17, 15) is 8.42 Å². The molecular weight excluding hydrogens is 384 g/mol. The summed E-state index contributed by atoms with van der Waals surface area (Å²) in [5.41, 5.74) is 1.39. The van der Waals surface area contributed by atoms with Crippen LogP contribution in [0.15, 0.2) is 35.3 Å². The molecule has 162 valence electrons. The molecule has 7 heteroatoms. The van der Waals surface area contributed by atoms with Gasteiger partial charge >= 0.3 is 0 Å². The zero-order chi connectivity index (χ0) is 20.9. The normalized spacial score (nSPS) is 24.6. The first-order chi connectivity index (χ1) is 13.8. The van der Waals surface area contributed by atoms with Crippen LogP contribution in [0.4, 0.5) is 0 Å². The van der Waals surface area contributed by atoms with Crippen molar-refractivity contribution in [1.29, 1.82) is 0 Å². The maximum absolute atomic E-state index is 12.3. The van der Waals surface area contributed by atoms with Gasteiger partial charge in [0.15, 0.2) is 15.8 Å². The highest BCUT2D eigenvalue weighted by atomic mass is 32.2. The molecule has 2 fully saturated rings. The lowest BCUT2D eigenvalue weighted by Gasteiger charge is -2.39. The first kappa shape index (κ1) is 22.1. The van der Waals surface area contributed by atoms with Crippen molar-refractivity contribution in [3.63, 3.8) is 0 Å². The highest BCUT2D eigenvalue weighted by Crippen LogP contribution is 2.24. The van der Waals surface area contributed by atoms with Crippen LogP contribution < -0.4 is 5.32 Å². The molecule has 1 aromatic carbocycles. The molecule has 6 nitrogen and oxygen atoms in total. The SMILES string of the molecule is CCNC(=NCC1CCN(CCc2ccccc2)C1)N1CCS(=O)(=O)C(C)(C)C1. The van der Waals surface area contributed by atoms with Gasteiger partial charge in [0.2, 0.25) is 0 Å². The summed E-state index contributed by atoms with van der Waals surface area (Å²) in [4.78, 5) is 9.55. The van der Waals surface area contributed by atoms with Crippen molar-refractivity contribution in [3.05, 3.63) is 35.9 Å². The molecule has 2 aliphatic heterocycles. The number of rotatable bonds is 6. The third-order valence-electron chi connectivity index (χ3n) is 6.11. The molecule has 0 radical (unpaired) electrons. The van der Waals surface area contributed by atoms with Crippen molar-refractivity contribution in [2.24, 2.45) is 10.9 Å². The van der Waals surface area contributed by atoms with Gasteiger partial charge in [-0.2, -0.15) is 0 Å². The van der Waals surface area contributed by atoms with Crippen molar-refractivity contribution >= 4 is 15.8 Å². The van der Waals surface area contributed by atoms with E-state index in [1.807, 2.05) is 13.8 Å². The van der Waals surface area contributed by atoms with Crippen molar-refractivity contribution in [2.75, 3.05) is 51.6 Å². The van der Waals surface area contributed by atoms with Crippen molar-refractivity contribution < 1.29 is 8.42 Å². The van der Waals surface area contributed by atoms with E-state index in [4.69, 9.17) is 4.99 Å². The summed E-state index contributed by atoms with van der Waals surface area (Å²) in [6, 6.07) is 10.7. The van der Waals surface area contributed by atoms with Crippen LogP contribution in [-0.2, 0) is 16.3 Å². The fraction of sp³-hybridized carbons (Fsp3) is 0.682. The molecule has 1 aromatic rings. The highest BCUT2D eigenvalue weighted by Gasteiger charge is 2.41. The summed E-state index contributed by atoms with van der Waals surface area (Å²) < 4.78 is 23.9. The standard InChI is InChI=1S/C22H36N4O2S/c1-4-23-21(26-14-15-29(27,28)22(2,3)18-26)24-16-20-11-13-25(17-20)12-10-19-8-6-5-7-9-19/h5-9,20H,4,10-18H2,1-3H3,(H,23,24). The second-order valence-electron chi connectivity index (χ2n) is 8.89. The van der Waals surface area contributed by atoms with Crippen LogP contribution in [0.5, 0.6) is 0 Å². The predicted molar refractivity (Wildman–Crippen MR) is 120 cm³/mol. The van der Waals surface area contributed by atoms with Crippen LogP contribution in [0.25, 0.3) is 0 Å². The summed E-state index contributed by atoms with van der Waals surface area (Å²) in [6.45, 7) is 11.6. The van der Waals surface area contributed by atoms with E-state index in [2.05, 4.69) is 52.4 Å². The second-order valence-corrected chi connectivity index (χ2v) is 11.6. The van der Waals surface area contributed by atoms with Crippen LogP contribution in [0.1, 0.15) is 32.8 Å². The number of hydrogen-bond donors (Lipinski definition) is 1. The van der Waals surface area contributed by atoms with Crippen molar-refractivity contribution in [1.82, 2.24) is 15.1 Å². The Bertz CT molecular complexity index is 792. The maximum Gasteiger partial charge on any atom is 0.194 e. The van der Waals surface area contributed by atoms with Gasteiger partial charge in [0.05, 0.1) is 10.5 Å². The molecule has 0 amide bonds. The molecule has 0 aliphatic carbocycles. The minimum absolute atomic E-state index is 0.196. The van der Waals surface area contributed by atoms with Gasteiger partial charge in [0.25, 0.3) is 0 Å². The summed E-state index contributed by atoms with van der Waals surface area (Å²) >= 11 is 0. The number of benzene rings is 1. The minimum atomic E-state index is -3.04. The largest absolute Gasteiger partial charge is 0.357 e. The van der Waals surface area contributed by atoms with Gasteiger partial charge in [-0.15, -0.1) is 0 Å². The fourth-order valence-electron chi connectivity index (χ4n) is 4.16. The smallest absolute Gasteiger partial charge is 0.194 e. The lowest BCUT2D eigenvalue weighted by Crippen LogP contribution is -2.57. The number of sulfone groups is 1. The predicted octanol–water partition coefficient (Wildman–Crippen LogP) is 2.03. The van der Waals surface area contributed by atoms with Gasteiger partial charge in [-0.25, -0.2) is 8.42 Å². The van der Waals surface area contributed by atoms with E-state index in [1.54, 1.807) is 0 Å². The zero-order valence-corrected chi connectivity index (χ0v) is 18.9. The minimum Gasteiger partial charge on any atom is -0.357 e. The molecule has 1 atom stereocenters. The first-order valence-electron chi connectivity index (χ1n) is 10.8. The maximum atomic E-state index is 12.3. The summed E-state index contributed by atoms with van der Waals surface area (Å²) in [6.07, 6.45) is 2.27. The second kappa shape index (κ2) is 9.47. The third kappa shape index (κ3) is 5.72. The molecule has 2 heterocycles. The third-order valence-corrected chi connectivity index (χ3v) is 8.64. The molecule has 0 spiro atoms. The summed E-state index contributed by atoms with van der Waals surface area (Å²) in [5, 5.41) is 3.37. The number of hydrogen-bond acceptors (Lipinski definition) is 4. The molecule has 0 saturated carbocycles. The average Bonchev–Trinajstić information content (AvgIpc) is 3.14. The van der Waals surface area contributed by atoms with Crippen LogP contribution in [0, 0.1) is 5.92 Å². The Morgan fingerprint density at radius 1 is 1.24 bits per heavy atom. The molecule has 1 N–H and O–H groups in total. The molecule has 1 unspecified atom stereocenters. The van der Waals surface area contributed by atoms with Crippen LogP contribution >= 0.6 is 0 Å². The quantitative estimate of drug-likeness (QED) is 0.563. The fourth-order valence-corrected chi connectivity index (χ4v) is 5.53. The van der Waals surface area contributed by atoms with E-state index in [-0.39, 0.29) is 5.75 Å². The number of guanidine groups is 1. The Labute approximate surface area is 176 Å². The van der Waals surface area contributed by atoms with Gasteiger partial charge in [0, 0.05) is 39.3 Å². The highest BCUT2D eigenvalue weighted by molar-refractivity contribution is 7.92. The molecule has 2 saturated heterocycles. The van der Waals surface area contributed by atoms with E-state index >= 15 is 0 Å². The Kier molecular flexibility index (Phi) is 7.22. The van der Waals surface area contributed by atoms with Gasteiger partial charge in [-0.05, 0) is 51.6 Å². The number of nitrogens with one attached hydrogen (secondary N) is 1. The van der Waals surface area contributed by atoms with Crippen LogP contribution in [0.3, 0.4) is 0 Å². The van der Waals surface area contributed by atoms with Crippen LogP contribution in [0.2, 0.25) is 0 Å². The summed E-state index contributed by atoms with van der Waals surface area (Å²) in [5.74, 6) is 1.63. The summed E-state index contributed by atoms with van der Waals surface area (Å²) in [7, 11) is -3.04. The van der Waals surface area contributed by atoms with Gasteiger partial charge in [-0.3, -0.25) is 4.99 Å². The molecule has 29 heavy (non-hydrogen) atoms. The topological polar surface area (TPSA) is 65.0 Å². The van der Waals surface area contributed by atoms with E-state index in [1.165, 1.54) is 12.0 Å². The van der Waals surface area contributed by atoms with Crippen LogP contribution in [-0.4, -0.2) is 80.5 Å². The van der Waals surface area contributed by atoms with Gasteiger partial charge < -0.3 is 15.1 Å². The average molecular weight is 421 g/mol. The van der Waals surface area contributed by atoms with Gasteiger partial charge in [0.1, 0.15) is 0 Å². The number of nitrogens with zero attached hydrogens (tertiary/aromatic N) is 3. The van der Waals surface area contributed by atoms with Crippen molar-refractivity contribution in [2.45, 2.75) is 38.4 Å². The number of aliphatic imine (C=N–C) groups is 1. The molecule has 0 bridgehead atoms. The van der Waals surface area contributed by atoms with Crippen molar-refractivity contribution in [3.8, 4) is 0 Å².